The Morgan fingerprint density at radius 3 is 2.02 bits per heavy atom. The van der Waals surface area contributed by atoms with Crippen molar-refractivity contribution in [2.75, 3.05) is 0 Å². The number of hydrogen-bond donors (Lipinski definition) is 0. The summed E-state index contributed by atoms with van der Waals surface area (Å²) >= 11 is -0.826. The van der Waals surface area contributed by atoms with Crippen molar-refractivity contribution in [1.29, 1.82) is 0 Å². The van der Waals surface area contributed by atoms with E-state index in [0.717, 1.165) is 6.42 Å². The van der Waals surface area contributed by atoms with Crippen LogP contribution in [0, 0.1) is 6.07 Å². The molecule has 1 aliphatic carbocycles. The predicted molar refractivity (Wildman–Crippen MR) is 197 cm³/mol. The Morgan fingerprint density at radius 1 is 0.696 bits per heavy atom. The predicted octanol–water partition coefficient (Wildman–Crippen LogP) is 12.7. The van der Waals surface area contributed by atoms with Crippen LogP contribution in [0.5, 0.6) is 0 Å². The normalized spacial score (nSPS) is 12.2. The first-order valence-electron chi connectivity index (χ1n) is 15.8. The molecule has 0 aliphatic heterocycles. The zero-order valence-electron chi connectivity index (χ0n) is 27.4. The molecule has 230 valence electrons. The van der Waals surface area contributed by atoms with Gasteiger partial charge in [-0.15, -0.1) is 46.2 Å². The standard InChI is InChI=1S/C21H14N.C21H25.2ClH.Zr/c1-2-9-16(10-3-1)22-19-13-7-6-12-18(19)21-17-11-5-4-8-15(17)14-20(21)22;1-20(2,3)16-7-9-18-14(12-16)11-15-13-17(21(4,5)6)8-10-19(15)18;;;/h1-14H;7-10,12H,11H2,1-6H3;2*1H;/q2*-1;;;+4/p-2. The van der Waals surface area contributed by atoms with Gasteiger partial charge < -0.3 is 4.57 Å². The molecule has 1 aromatic heterocycles. The van der Waals surface area contributed by atoms with Gasteiger partial charge in [-0.05, 0) is 57.5 Å². The topological polar surface area (TPSA) is 4.93 Å². The van der Waals surface area contributed by atoms with E-state index >= 15 is 0 Å². The quantitative estimate of drug-likeness (QED) is 0.149. The number of nitrogens with zero attached hydrogens (tertiary/aromatic N) is 1. The van der Waals surface area contributed by atoms with Crippen LogP contribution in [0.1, 0.15) is 63.8 Å². The van der Waals surface area contributed by atoms with E-state index in [1.807, 2.05) is 0 Å². The summed E-state index contributed by atoms with van der Waals surface area (Å²) in [5.74, 6) is 0. The minimum atomic E-state index is -0.826. The molecule has 7 aromatic rings. The van der Waals surface area contributed by atoms with Crippen molar-refractivity contribution in [3.8, 4) is 16.8 Å². The van der Waals surface area contributed by atoms with Gasteiger partial charge in [0.15, 0.2) is 0 Å². The van der Waals surface area contributed by atoms with Gasteiger partial charge >= 0.3 is 37.9 Å². The monoisotopic (exact) mass is 717 g/mol. The number of hydrogen-bond acceptors (Lipinski definition) is 0. The SMILES string of the molecule is CC(C)(C)c1[c-]c2c(cc1)-c1ccc(C(C)(C)C)cc1C2.[Cl][Zr+2][Cl].c1ccc(-n2c3ccccc3c3c4ccccc4[cH-]c32)cc1. The molecule has 0 atom stereocenters. The zero-order valence-corrected chi connectivity index (χ0v) is 31.3. The fourth-order valence-corrected chi connectivity index (χ4v) is 6.56. The number of fused-ring (bicyclic) bond motifs is 8. The molecule has 4 heteroatoms. The molecule has 0 saturated carbocycles. The molecule has 0 saturated heterocycles. The van der Waals surface area contributed by atoms with Gasteiger partial charge in [0, 0.05) is 11.2 Å². The molecule has 0 bridgehead atoms. The molecule has 8 rings (SSSR count). The summed E-state index contributed by atoms with van der Waals surface area (Å²) in [5, 5.41) is 5.32. The van der Waals surface area contributed by atoms with Gasteiger partial charge in [0.05, 0.1) is 0 Å². The van der Waals surface area contributed by atoms with Crippen molar-refractivity contribution in [1.82, 2.24) is 4.57 Å². The number of rotatable bonds is 1. The first kappa shape index (κ1) is 32.9. The molecule has 1 heterocycles. The van der Waals surface area contributed by atoms with Crippen LogP contribution in [0.3, 0.4) is 0 Å². The summed E-state index contributed by atoms with van der Waals surface area (Å²) in [6.45, 7) is 13.6. The smallest absolute Gasteiger partial charge is 0.0443 e. The van der Waals surface area contributed by atoms with Gasteiger partial charge in [0.2, 0.25) is 0 Å². The van der Waals surface area contributed by atoms with Gasteiger partial charge in [0.25, 0.3) is 0 Å². The second-order valence-electron chi connectivity index (χ2n) is 14.1. The second-order valence-corrected chi connectivity index (χ2v) is 17.8. The Morgan fingerprint density at radius 2 is 1.33 bits per heavy atom. The molecule has 0 unspecified atom stereocenters. The fraction of sp³-hybridized carbons (Fsp3) is 0.214. The van der Waals surface area contributed by atoms with Crippen LogP contribution in [0.2, 0.25) is 0 Å². The summed E-state index contributed by atoms with van der Waals surface area (Å²) < 4.78 is 2.37. The molecular formula is C42H39Cl2NZr. The van der Waals surface area contributed by atoms with Gasteiger partial charge in [0.1, 0.15) is 0 Å². The maximum Gasteiger partial charge on any atom is 0.0443 e. The summed E-state index contributed by atoms with van der Waals surface area (Å²) in [6, 6.07) is 45.4. The number of aromatic nitrogens is 1. The van der Waals surface area contributed by atoms with Crippen molar-refractivity contribution in [3.63, 3.8) is 0 Å². The van der Waals surface area contributed by atoms with E-state index in [2.05, 4.69) is 167 Å². The third-order valence-electron chi connectivity index (χ3n) is 8.91. The van der Waals surface area contributed by atoms with Crippen LogP contribution in [0.4, 0.5) is 0 Å². The largest absolute Gasteiger partial charge is 0.328 e. The number of benzene rings is 5. The molecule has 1 nitrogen and oxygen atoms in total. The Kier molecular flexibility index (Phi) is 9.46. The Balaban J connectivity index is 0.000000149. The Hall–Kier alpha value is -3.03. The van der Waals surface area contributed by atoms with Crippen molar-refractivity contribution in [3.05, 3.63) is 144 Å². The second kappa shape index (κ2) is 13.2. The molecular weight excluding hydrogens is 681 g/mol. The maximum atomic E-state index is 4.93. The molecule has 0 N–H and O–H groups in total. The molecule has 0 fully saturated rings. The third kappa shape index (κ3) is 6.42. The Labute approximate surface area is 292 Å². The number of halogens is 2. The van der Waals surface area contributed by atoms with Gasteiger partial charge in [-0.3, -0.25) is 0 Å². The van der Waals surface area contributed by atoms with Gasteiger partial charge in [-0.2, -0.15) is 23.8 Å². The Bertz CT molecular complexity index is 2080. The van der Waals surface area contributed by atoms with E-state index in [9.17, 15) is 0 Å². The van der Waals surface area contributed by atoms with Crippen LogP contribution in [0.15, 0.2) is 115 Å². The minimum absolute atomic E-state index is 0.167. The first-order chi connectivity index (χ1) is 22.0. The molecule has 0 amide bonds. The van der Waals surface area contributed by atoms with Gasteiger partial charge in [-0.1, -0.05) is 113 Å². The van der Waals surface area contributed by atoms with Crippen LogP contribution in [-0.2, 0) is 38.1 Å². The summed E-state index contributed by atoms with van der Waals surface area (Å²) in [7, 11) is 9.87. The van der Waals surface area contributed by atoms with E-state index in [1.165, 1.54) is 71.6 Å². The first-order valence-corrected chi connectivity index (χ1v) is 22.1. The van der Waals surface area contributed by atoms with Crippen molar-refractivity contribution in [2.45, 2.75) is 58.8 Å². The van der Waals surface area contributed by atoms with E-state index in [0.29, 0.717) is 0 Å². The average Bonchev–Trinajstić information content (AvgIpc) is 3.69. The van der Waals surface area contributed by atoms with Crippen LogP contribution < -0.4 is 0 Å². The van der Waals surface area contributed by atoms with Gasteiger partial charge in [-0.25, -0.2) is 0 Å². The number of para-hydroxylation sites is 2. The van der Waals surface area contributed by atoms with E-state index in [-0.39, 0.29) is 10.8 Å². The van der Waals surface area contributed by atoms with Crippen molar-refractivity contribution < 1.29 is 20.8 Å². The maximum absolute atomic E-state index is 4.93. The van der Waals surface area contributed by atoms with E-state index in [4.69, 9.17) is 17.0 Å². The average molecular weight is 720 g/mol. The van der Waals surface area contributed by atoms with E-state index < -0.39 is 20.8 Å². The molecule has 0 spiro atoms. The van der Waals surface area contributed by atoms with Crippen LogP contribution in [0.25, 0.3) is 49.4 Å². The van der Waals surface area contributed by atoms with Crippen LogP contribution >= 0.6 is 17.0 Å². The molecule has 1 aliphatic rings. The van der Waals surface area contributed by atoms with Crippen LogP contribution in [-0.4, -0.2) is 4.57 Å². The summed E-state index contributed by atoms with van der Waals surface area (Å²) in [4.78, 5) is 0. The summed E-state index contributed by atoms with van der Waals surface area (Å²) in [6.07, 6.45) is 1.03. The third-order valence-corrected chi connectivity index (χ3v) is 8.91. The fourth-order valence-electron chi connectivity index (χ4n) is 6.56. The summed E-state index contributed by atoms with van der Waals surface area (Å²) in [5.41, 5.74) is 12.5. The molecule has 0 radical (unpaired) electrons. The van der Waals surface area contributed by atoms with Crippen molar-refractivity contribution >= 4 is 49.6 Å². The van der Waals surface area contributed by atoms with E-state index in [1.54, 1.807) is 0 Å². The van der Waals surface area contributed by atoms with Crippen molar-refractivity contribution in [2.24, 2.45) is 0 Å². The zero-order chi connectivity index (χ0) is 32.6. The molecule has 6 aromatic carbocycles. The molecule has 46 heavy (non-hydrogen) atoms. The minimum Gasteiger partial charge on any atom is -0.328 e.